The molecule has 3 heterocycles. The maximum Gasteiger partial charge on any atom is 0.413 e. The Hall–Kier alpha value is -2.90. The number of hydrogen-bond acceptors (Lipinski definition) is 10. The summed E-state index contributed by atoms with van der Waals surface area (Å²) < 4.78 is 11.4. The first-order valence-corrected chi connectivity index (χ1v) is 9.77. The van der Waals surface area contributed by atoms with E-state index < -0.39 is 42.0 Å². The van der Waals surface area contributed by atoms with Crippen LogP contribution in [0.25, 0.3) is 11.2 Å². The smallest absolute Gasteiger partial charge is 0.413 e. The molecule has 1 amide bonds. The van der Waals surface area contributed by atoms with Gasteiger partial charge in [-0.1, -0.05) is 41.7 Å². The summed E-state index contributed by atoms with van der Waals surface area (Å²) in [6.07, 6.45) is -4.34. The molecule has 2 aromatic heterocycles. The standard InChI is InChI=1S/C18H18N4O7S/c23-6-10-12(24)13(25)15(29-10)22-8-19-11-14(22)20-17(30-16(11)26)21-18(27)28-7-9-4-2-1-3-5-9/h1-5,8,10,12-13,15,23-25H,6-7H2,(H,20,21,27)/t10-,12-,13-,15-/m1/s1. The molecule has 158 valence electrons. The molecule has 4 rings (SSSR count). The van der Waals surface area contributed by atoms with Gasteiger partial charge in [0.1, 0.15) is 24.9 Å². The number of imidazole rings is 1. The van der Waals surface area contributed by atoms with Gasteiger partial charge in [0.2, 0.25) is 0 Å². The summed E-state index contributed by atoms with van der Waals surface area (Å²) in [6, 6.07) is 9.08. The van der Waals surface area contributed by atoms with E-state index in [9.17, 15) is 24.9 Å². The van der Waals surface area contributed by atoms with Crippen LogP contribution in [0.3, 0.4) is 0 Å². The van der Waals surface area contributed by atoms with Gasteiger partial charge in [0.05, 0.1) is 12.9 Å². The lowest BCUT2D eigenvalue weighted by molar-refractivity contribution is -0.0511. The highest BCUT2D eigenvalue weighted by Crippen LogP contribution is 2.31. The lowest BCUT2D eigenvalue weighted by atomic mass is 10.1. The first-order valence-electron chi connectivity index (χ1n) is 8.95. The second-order valence-corrected chi connectivity index (χ2v) is 7.51. The van der Waals surface area contributed by atoms with E-state index in [0.717, 1.165) is 5.56 Å². The van der Waals surface area contributed by atoms with Gasteiger partial charge in [0.15, 0.2) is 22.5 Å². The van der Waals surface area contributed by atoms with E-state index in [-0.39, 0.29) is 22.9 Å². The number of fused-ring (bicyclic) bond motifs is 1. The summed E-state index contributed by atoms with van der Waals surface area (Å²) in [7, 11) is 0. The fourth-order valence-corrected chi connectivity index (χ4v) is 3.74. The highest BCUT2D eigenvalue weighted by atomic mass is 32.1. The molecular weight excluding hydrogens is 416 g/mol. The Morgan fingerprint density at radius 1 is 1.27 bits per heavy atom. The maximum absolute atomic E-state index is 12.4. The van der Waals surface area contributed by atoms with E-state index in [1.807, 2.05) is 18.2 Å². The number of benzene rings is 1. The van der Waals surface area contributed by atoms with E-state index in [1.54, 1.807) is 12.1 Å². The summed E-state index contributed by atoms with van der Waals surface area (Å²) >= 11 is 0.672. The normalized spacial score (nSPS) is 23.6. The Morgan fingerprint density at radius 3 is 2.73 bits per heavy atom. The minimum Gasteiger partial charge on any atom is -0.444 e. The second kappa shape index (κ2) is 8.45. The number of aliphatic hydroxyl groups is 3. The van der Waals surface area contributed by atoms with Crippen molar-refractivity contribution in [2.24, 2.45) is 0 Å². The third-order valence-corrected chi connectivity index (χ3v) is 5.34. The van der Waals surface area contributed by atoms with E-state index in [2.05, 4.69) is 15.3 Å². The molecule has 3 aromatic rings. The third-order valence-electron chi connectivity index (χ3n) is 4.57. The number of rotatable bonds is 5. The van der Waals surface area contributed by atoms with Gasteiger partial charge in [-0.25, -0.2) is 14.8 Å². The number of aromatic nitrogens is 3. The van der Waals surface area contributed by atoms with Crippen molar-refractivity contribution in [1.29, 1.82) is 0 Å². The third kappa shape index (κ3) is 3.91. The summed E-state index contributed by atoms with van der Waals surface area (Å²) in [6.45, 7) is -0.450. The molecule has 4 atom stereocenters. The maximum atomic E-state index is 12.4. The first-order chi connectivity index (χ1) is 14.5. The van der Waals surface area contributed by atoms with Crippen LogP contribution in [0.1, 0.15) is 11.8 Å². The van der Waals surface area contributed by atoms with Gasteiger partial charge in [0, 0.05) is 0 Å². The predicted octanol–water partition coefficient (Wildman–Crippen LogP) is 0.213. The molecule has 1 aromatic carbocycles. The molecule has 0 saturated carbocycles. The zero-order valence-electron chi connectivity index (χ0n) is 15.4. The van der Waals surface area contributed by atoms with Gasteiger partial charge in [-0.2, -0.15) is 0 Å². The van der Waals surface area contributed by atoms with Crippen molar-refractivity contribution in [3.8, 4) is 0 Å². The number of amides is 1. The average Bonchev–Trinajstić information content (AvgIpc) is 3.29. The van der Waals surface area contributed by atoms with Crippen LogP contribution in [0.4, 0.5) is 9.93 Å². The molecule has 1 saturated heterocycles. The van der Waals surface area contributed by atoms with Crippen LogP contribution >= 0.6 is 11.3 Å². The number of anilines is 1. The highest BCUT2D eigenvalue weighted by Gasteiger charge is 2.44. The quantitative estimate of drug-likeness (QED) is 0.441. The molecule has 4 N–H and O–H groups in total. The lowest BCUT2D eigenvalue weighted by Crippen LogP contribution is -2.33. The molecule has 0 bridgehead atoms. The summed E-state index contributed by atoms with van der Waals surface area (Å²) in [5.41, 5.74) is 0.861. The summed E-state index contributed by atoms with van der Waals surface area (Å²) in [4.78, 5) is 32.7. The van der Waals surface area contributed by atoms with Crippen molar-refractivity contribution in [2.75, 3.05) is 11.9 Å². The van der Waals surface area contributed by atoms with Crippen molar-refractivity contribution >= 4 is 33.7 Å². The Labute approximate surface area is 173 Å². The molecule has 30 heavy (non-hydrogen) atoms. The van der Waals surface area contributed by atoms with Crippen molar-refractivity contribution in [1.82, 2.24) is 14.5 Å². The molecule has 1 fully saturated rings. The van der Waals surface area contributed by atoms with E-state index in [4.69, 9.17) is 9.47 Å². The zero-order valence-corrected chi connectivity index (χ0v) is 16.2. The number of nitrogens with zero attached hydrogens (tertiary/aromatic N) is 3. The van der Waals surface area contributed by atoms with Crippen LogP contribution in [0.5, 0.6) is 0 Å². The molecule has 1 aliphatic heterocycles. The minimum atomic E-state index is -1.37. The number of carbonyl (C=O) groups is 1. The SMILES string of the molecule is O=C(Nc1nc2c(ncn2[C@@H]2O[C@H](CO)[C@@H](O)[C@H]2O)c(=O)s1)OCc1ccccc1. The Morgan fingerprint density at radius 2 is 2.03 bits per heavy atom. The summed E-state index contributed by atoms with van der Waals surface area (Å²) in [5, 5.41) is 31.8. The van der Waals surface area contributed by atoms with Gasteiger partial charge in [0.25, 0.3) is 4.74 Å². The van der Waals surface area contributed by atoms with Gasteiger partial charge < -0.3 is 24.8 Å². The van der Waals surface area contributed by atoms with Crippen LogP contribution in [-0.4, -0.2) is 60.9 Å². The fourth-order valence-electron chi connectivity index (χ4n) is 3.06. The fraction of sp³-hybridized carbons (Fsp3) is 0.333. The van der Waals surface area contributed by atoms with E-state index >= 15 is 0 Å². The molecule has 0 radical (unpaired) electrons. The van der Waals surface area contributed by atoms with Gasteiger partial charge >= 0.3 is 6.09 Å². The monoisotopic (exact) mass is 434 g/mol. The van der Waals surface area contributed by atoms with Crippen LogP contribution in [0, 0.1) is 0 Å². The second-order valence-electron chi connectivity index (χ2n) is 6.55. The lowest BCUT2D eigenvalue weighted by Gasteiger charge is -2.16. The topological polar surface area (TPSA) is 156 Å². The number of nitrogens with one attached hydrogen (secondary N) is 1. The van der Waals surface area contributed by atoms with Crippen LogP contribution < -0.4 is 10.1 Å². The van der Waals surface area contributed by atoms with Gasteiger partial charge in [-0.3, -0.25) is 14.7 Å². The first kappa shape index (κ1) is 20.4. The Bertz CT molecular complexity index is 1100. The average molecular weight is 434 g/mol. The van der Waals surface area contributed by atoms with Gasteiger partial charge in [-0.05, 0) is 5.56 Å². The number of aliphatic hydroxyl groups excluding tert-OH is 3. The number of ether oxygens (including phenoxy) is 2. The Kier molecular flexibility index (Phi) is 5.74. The van der Waals surface area contributed by atoms with Crippen molar-refractivity contribution < 1.29 is 29.6 Å². The number of carbonyl (C=O) groups excluding carboxylic acids is 1. The molecule has 0 spiro atoms. The highest BCUT2D eigenvalue weighted by molar-refractivity contribution is 7.13. The Balaban J connectivity index is 1.55. The van der Waals surface area contributed by atoms with E-state index in [1.165, 1.54) is 10.9 Å². The molecule has 11 nitrogen and oxygen atoms in total. The predicted molar refractivity (Wildman–Crippen MR) is 105 cm³/mol. The molecule has 1 aliphatic rings. The van der Waals surface area contributed by atoms with E-state index in [0.29, 0.717) is 11.3 Å². The molecule has 0 aliphatic carbocycles. The van der Waals surface area contributed by atoms with Crippen LogP contribution in [-0.2, 0) is 16.1 Å². The molecule has 12 heteroatoms. The minimum absolute atomic E-state index is 0.0148. The van der Waals surface area contributed by atoms with Crippen LogP contribution in [0.15, 0.2) is 41.5 Å². The summed E-state index contributed by atoms with van der Waals surface area (Å²) in [5.74, 6) is 0. The van der Waals surface area contributed by atoms with Crippen molar-refractivity contribution in [3.05, 3.63) is 51.8 Å². The largest absolute Gasteiger partial charge is 0.444 e. The number of hydrogen-bond donors (Lipinski definition) is 4. The van der Waals surface area contributed by atoms with Crippen LogP contribution in [0.2, 0.25) is 0 Å². The molecular formula is C18H18N4O7S. The zero-order chi connectivity index (χ0) is 21.3. The van der Waals surface area contributed by atoms with Crippen molar-refractivity contribution in [2.45, 2.75) is 31.1 Å². The van der Waals surface area contributed by atoms with Gasteiger partial charge in [-0.15, -0.1) is 0 Å². The molecule has 0 unspecified atom stereocenters. The van der Waals surface area contributed by atoms with Crippen molar-refractivity contribution in [3.63, 3.8) is 0 Å².